The van der Waals surface area contributed by atoms with Gasteiger partial charge in [0.1, 0.15) is 0 Å². The predicted molar refractivity (Wildman–Crippen MR) is 71.7 cm³/mol. The Morgan fingerprint density at radius 1 is 1.33 bits per heavy atom. The Hall–Kier alpha value is -0.920. The van der Waals surface area contributed by atoms with Gasteiger partial charge in [-0.25, -0.2) is 13.1 Å². The highest BCUT2D eigenvalue weighted by molar-refractivity contribution is 9.10. The third-order valence-corrected chi connectivity index (χ3v) is 5.06. The molecule has 0 aliphatic rings. The van der Waals surface area contributed by atoms with Gasteiger partial charge in [0, 0.05) is 10.5 Å². The molecular weight excluding hydrogens is 322 g/mol. The zero-order valence-corrected chi connectivity index (χ0v) is 12.3. The largest absolute Gasteiger partial charge is 0.480 e. The smallest absolute Gasteiger partial charge is 0.323 e. The lowest BCUT2D eigenvalue weighted by atomic mass is 10.1. The summed E-state index contributed by atoms with van der Waals surface area (Å²) in [6.07, 6.45) is 0. The maximum absolute atomic E-state index is 11.8. The molecule has 1 aromatic carbocycles. The SMILES string of the molecule is CC(C(=O)O)S(=O)(=O)N[C@H](C)c1ccccc1Br. The van der Waals surface area contributed by atoms with Crippen LogP contribution in [-0.4, -0.2) is 24.7 Å². The number of halogens is 1. The molecule has 0 saturated heterocycles. The zero-order chi connectivity index (χ0) is 13.9. The van der Waals surface area contributed by atoms with Crippen LogP contribution in [0.3, 0.4) is 0 Å². The Kier molecular flexibility index (Phi) is 4.89. The van der Waals surface area contributed by atoms with E-state index in [2.05, 4.69) is 20.7 Å². The third-order valence-electron chi connectivity index (χ3n) is 2.53. The van der Waals surface area contributed by atoms with Gasteiger partial charge in [-0.15, -0.1) is 0 Å². The second-order valence-corrected chi connectivity index (χ2v) is 6.77. The third kappa shape index (κ3) is 3.54. The maximum Gasteiger partial charge on any atom is 0.323 e. The number of nitrogens with one attached hydrogen (secondary N) is 1. The number of carboxylic acids is 1. The van der Waals surface area contributed by atoms with E-state index in [1.165, 1.54) is 0 Å². The highest BCUT2D eigenvalue weighted by atomic mass is 79.9. The molecule has 1 unspecified atom stereocenters. The first-order valence-corrected chi connectivity index (χ1v) is 7.58. The van der Waals surface area contributed by atoms with Gasteiger partial charge in [0.05, 0.1) is 0 Å². The fraction of sp³-hybridized carbons (Fsp3) is 0.364. The summed E-state index contributed by atoms with van der Waals surface area (Å²) in [6.45, 7) is 2.80. The van der Waals surface area contributed by atoms with E-state index in [-0.39, 0.29) is 0 Å². The molecule has 0 aliphatic heterocycles. The van der Waals surface area contributed by atoms with Crippen molar-refractivity contribution >= 4 is 31.9 Å². The lowest BCUT2D eigenvalue weighted by molar-refractivity contribution is -0.136. The van der Waals surface area contributed by atoms with Crippen molar-refractivity contribution in [2.75, 3.05) is 0 Å². The van der Waals surface area contributed by atoms with E-state index in [9.17, 15) is 13.2 Å². The number of carbonyl (C=O) groups is 1. The number of rotatable bonds is 5. The van der Waals surface area contributed by atoms with Gasteiger partial charge < -0.3 is 5.11 Å². The molecular formula is C11H14BrNO4S. The van der Waals surface area contributed by atoms with E-state index in [0.717, 1.165) is 17.0 Å². The van der Waals surface area contributed by atoms with Gasteiger partial charge in [0.2, 0.25) is 10.0 Å². The number of benzene rings is 1. The summed E-state index contributed by atoms with van der Waals surface area (Å²) in [4.78, 5) is 10.7. The highest BCUT2D eigenvalue weighted by Gasteiger charge is 2.29. The summed E-state index contributed by atoms with van der Waals surface area (Å²) in [5, 5.41) is 7.24. The van der Waals surface area contributed by atoms with E-state index in [1.807, 2.05) is 6.07 Å². The molecule has 0 saturated carbocycles. The monoisotopic (exact) mass is 335 g/mol. The molecule has 0 amide bonds. The van der Waals surface area contributed by atoms with Crippen LogP contribution >= 0.6 is 15.9 Å². The average Bonchev–Trinajstić information content (AvgIpc) is 2.27. The Balaban J connectivity index is 2.92. The minimum absolute atomic E-state index is 0.507. The van der Waals surface area contributed by atoms with Gasteiger partial charge in [-0.2, -0.15) is 0 Å². The zero-order valence-electron chi connectivity index (χ0n) is 9.92. The van der Waals surface area contributed by atoms with E-state index >= 15 is 0 Å². The van der Waals surface area contributed by atoms with Gasteiger partial charge in [-0.05, 0) is 25.5 Å². The standard InChI is InChI=1S/C11H14BrNO4S/c1-7(9-5-3-4-6-10(9)12)13-18(16,17)8(2)11(14)15/h3-8,13H,1-2H3,(H,14,15)/t7-,8?/m1/s1. The fourth-order valence-corrected chi connectivity index (χ4v) is 3.09. The van der Waals surface area contributed by atoms with E-state index in [4.69, 9.17) is 5.11 Å². The summed E-state index contributed by atoms with van der Waals surface area (Å²) < 4.78 is 26.6. The molecule has 0 bridgehead atoms. The van der Waals surface area contributed by atoms with Gasteiger partial charge in [0.25, 0.3) is 0 Å². The molecule has 1 rings (SSSR count). The first-order valence-electron chi connectivity index (χ1n) is 5.24. The van der Waals surface area contributed by atoms with Crippen molar-refractivity contribution in [3.05, 3.63) is 34.3 Å². The molecule has 2 N–H and O–H groups in total. The van der Waals surface area contributed by atoms with Crippen LogP contribution < -0.4 is 4.72 Å². The van der Waals surface area contributed by atoms with E-state index < -0.39 is 27.3 Å². The van der Waals surface area contributed by atoms with Crippen molar-refractivity contribution in [3.63, 3.8) is 0 Å². The van der Waals surface area contributed by atoms with Crippen LogP contribution in [0.25, 0.3) is 0 Å². The van der Waals surface area contributed by atoms with E-state index in [0.29, 0.717) is 0 Å². The maximum atomic E-state index is 11.8. The van der Waals surface area contributed by atoms with Crippen LogP contribution in [0.15, 0.2) is 28.7 Å². The van der Waals surface area contributed by atoms with Crippen molar-refractivity contribution in [2.24, 2.45) is 0 Å². The molecule has 0 spiro atoms. The first kappa shape index (κ1) is 15.1. The number of sulfonamides is 1. The summed E-state index contributed by atoms with van der Waals surface area (Å²) in [5.74, 6) is -1.37. The Bertz CT molecular complexity index is 544. The van der Waals surface area contributed by atoms with Crippen LogP contribution in [0.4, 0.5) is 0 Å². The number of carboxylic acid groups (broad SMARTS) is 1. The minimum Gasteiger partial charge on any atom is -0.480 e. The molecule has 100 valence electrons. The minimum atomic E-state index is -3.89. The summed E-state index contributed by atoms with van der Waals surface area (Å²) >= 11 is 3.32. The molecule has 0 radical (unpaired) electrons. The van der Waals surface area contributed by atoms with Crippen molar-refractivity contribution in [1.82, 2.24) is 4.72 Å². The fourth-order valence-electron chi connectivity index (χ4n) is 1.37. The summed E-state index contributed by atoms with van der Waals surface area (Å²) in [6, 6.07) is 6.65. The van der Waals surface area contributed by atoms with Gasteiger partial charge in [0.15, 0.2) is 5.25 Å². The Morgan fingerprint density at radius 3 is 2.39 bits per heavy atom. The van der Waals surface area contributed by atoms with Crippen LogP contribution in [0.5, 0.6) is 0 Å². The van der Waals surface area contributed by atoms with Gasteiger partial charge in [-0.3, -0.25) is 4.79 Å². The lowest BCUT2D eigenvalue weighted by Gasteiger charge is -2.17. The second kappa shape index (κ2) is 5.81. The lowest BCUT2D eigenvalue weighted by Crippen LogP contribution is -2.38. The molecule has 2 atom stereocenters. The Morgan fingerprint density at radius 2 is 1.89 bits per heavy atom. The van der Waals surface area contributed by atoms with Crippen LogP contribution in [0, 0.1) is 0 Å². The molecule has 0 fully saturated rings. The number of hydrogen-bond acceptors (Lipinski definition) is 3. The predicted octanol–water partition coefficient (Wildman–Crippen LogP) is 1.90. The molecule has 0 aromatic heterocycles. The van der Waals surface area contributed by atoms with Crippen molar-refractivity contribution in [2.45, 2.75) is 25.1 Å². The van der Waals surface area contributed by atoms with Gasteiger partial charge in [-0.1, -0.05) is 34.1 Å². The second-order valence-electron chi connectivity index (χ2n) is 3.89. The normalized spacial score (nSPS) is 15.1. The quantitative estimate of drug-likeness (QED) is 0.860. The number of hydrogen-bond donors (Lipinski definition) is 2. The molecule has 0 heterocycles. The van der Waals surface area contributed by atoms with Crippen molar-refractivity contribution in [1.29, 1.82) is 0 Å². The van der Waals surface area contributed by atoms with Crippen molar-refractivity contribution < 1.29 is 18.3 Å². The van der Waals surface area contributed by atoms with Crippen LogP contribution in [0.2, 0.25) is 0 Å². The van der Waals surface area contributed by atoms with Crippen molar-refractivity contribution in [3.8, 4) is 0 Å². The van der Waals surface area contributed by atoms with Crippen LogP contribution in [0.1, 0.15) is 25.5 Å². The van der Waals surface area contributed by atoms with E-state index in [1.54, 1.807) is 25.1 Å². The molecule has 0 aliphatic carbocycles. The topological polar surface area (TPSA) is 83.5 Å². The number of aliphatic carboxylic acids is 1. The molecule has 7 heteroatoms. The van der Waals surface area contributed by atoms with Crippen LogP contribution in [-0.2, 0) is 14.8 Å². The molecule has 1 aromatic rings. The van der Waals surface area contributed by atoms with Gasteiger partial charge >= 0.3 is 5.97 Å². The Labute approximate surface area is 114 Å². The molecule has 18 heavy (non-hydrogen) atoms. The average molecular weight is 336 g/mol. The summed E-state index contributed by atoms with van der Waals surface area (Å²) in [7, 11) is -3.89. The molecule has 5 nitrogen and oxygen atoms in total. The summed E-state index contributed by atoms with van der Waals surface area (Å²) in [5.41, 5.74) is 0.749. The highest BCUT2D eigenvalue weighted by Crippen LogP contribution is 2.23. The first-order chi connectivity index (χ1) is 8.25.